The molecule has 0 saturated carbocycles. The van der Waals surface area contributed by atoms with E-state index >= 15 is 0 Å². The van der Waals surface area contributed by atoms with E-state index in [0.29, 0.717) is 0 Å². The van der Waals surface area contributed by atoms with Crippen LogP contribution >= 0.6 is 0 Å². The monoisotopic (exact) mass is 378 g/mol. The summed E-state index contributed by atoms with van der Waals surface area (Å²) in [6.07, 6.45) is 0.948. The van der Waals surface area contributed by atoms with Crippen molar-refractivity contribution in [2.75, 3.05) is 0 Å². The Morgan fingerprint density at radius 2 is 1.63 bits per heavy atom. The molecule has 2 aromatic heterocycles. The van der Waals surface area contributed by atoms with Crippen LogP contribution in [-0.2, 0) is 13.0 Å². The Bertz CT molecular complexity index is 804. The van der Waals surface area contributed by atoms with Gasteiger partial charge in [-0.25, -0.2) is 9.59 Å². The summed E-state index contributed by atoms with van der Waals surface area (Å²) in [5, 5.41) is 37.1. The van der Waals surface area contributed by atoms with Gasteiger partial charge in [-0.05, 0) is 35.6 Å². The van der Waals surface area contributed by atoms with Crippen LogP contribution in [0, 0.1) is 16.7 Å². The fraction of sp³-hybridized carbons (Fsp3) is 0.294. The van der Waals surface area contributed by atoms with Crippen molar-refractivity contribution in [2.24, 2.45) is 5.41 Å². The number of hydrogen-bond acceptors (Lipinski definition) is 5. The maximum Gasteiger partial charge on any atom is 0.503 e. The molecule has 2 aromatic rings. The van der Waals surface area contributed by atoms with Crippen molar-refractivity contribution in [3.63, 3.8) is 0 Å². The molecule has 1 aliphatic heterocycles. The minimum absolute atomic E-state index is 0. The van der Waals surface area contributed by atoms with Crippen molar-refractivity contribution in [1.82, 2.24) is 15.7 Å². The number of nitrogens with zero attached hydrogens (tertiary/aromatic N) is 3. The van der Waals surface area contributed by atoms with Crippen molar-refractivity contribution < 1.29 is 30.0 Å². The molecule has 0 fully saturated rings. The fourth-order valence-electron chi connectivity index (χ4n) is 2.77. The third kappa shape index (κ3) is 7.05. The highest BCUT2D eigenvalue weighted by atomic mass is 16.6. The zero-order valence-electron chi connectivity index (χ0n) is 15.0. The number of fused-ring (bicyclic) bond motifs is 1. The third-order valence-corrected chi connectivity index (χ3v) is 3.55. The first-order valence-electron chi connectivity index (χ1n) is 7.44. The highest BCUT2D eigenvalue weighted by Gasteiger charge is 2.32. The molecular formula is C17H22N4O6. The number of carbonyl (C=O) groups is 2. The topological polar surface area (TPSA) is 192 Å². The largest absolute Gasteiger partial charge is 0.503 e. The molecule has 0 spiro atoms. The van der Waals surface area contributed by atoms with Crippen LogP contribution in [-0.4, -0.2) is 42.3 Å². The number of aromatic nitrogens is 2. The highest BCUT2D eigenvalue weighted by Crippen LogP contribution is 2.39. The SMILES string of the molecule is CC1(C)Cc2c(-c3ccncc3)cc(C#N)n2C1.N.O=C(O)O.O=C(O)O. The van der Waals surface area contributed by atoms with E-state index in [1.54, 1.807) is 12.4 Å². The minimum Gasteiger partial charge on any atom is -0.450 e. The molecule has 0 aromatic carbocycles. The zero-order valence-corrected chi connectivity index (χ0v) is 15.0. The molecule has 3 heterocycles. The Balaban J connectivity index is 0.000000646. The summed E-state index contributed by atoms with van der Waals surface area (Å²) < 4.78 is 2.16. The van der Waals surface area contributed by atoms with E-state index in [1.807, 2.05) is 18.2 Å². The average molecular weight is 378 g/mol. The molecule has 7 N–H and O–H groups in total. The maximum absolute atomic E-state index is 9.25. The van der Waals surface area contributed by atoms with Crippen molar-refractivity contribution >= 4 is 12.3 Å². The van der Waals surface area contributed by atoms with E-state index in [-0.39, 0.29) is 11.6 Å². The average Bonchev–Trinajstić information content (AvgIpc) is 3.00. The molecular weight excluding hydrogens is 356 g/mol. The van der Waals surface area contributed by atoms with E-state index in [9.17, 15) is 5.26 Å². The summed E-state index contributed by atoms with van der Waals surface area (Å²) in [4.78, 5) is 21.2. The minimum atomic E-state index is -1.83. The Morgan fingerprint density at radius 1 is 1.15 bits per heavy atom. The Kier molecular flexibility index (Phi) is 8.49. The van der Waals surface area contributed by atoms with Crippen molar-refractivity contribution in [3.05, 3.63) is 42.0 Å². The van der Waals surface area contributed by atoms with Gasteiger partial charge in [-0.2, -0.15) is 5.26 Å². The van der Waals surface area contributed by atoms with Gasteiger partial charge in [0.1, 0.15) is 11.8 Å². The third-order valence-electron chi connectivity index (χ3n) is 3.55. The molecule has 146 valence electrons. The van der Waals surface area contributed by atoms with Crippen LogP contribution in [0.2, 0.25) is 0 Å². The summed E-state index contributed by atoms with van der Waals surface area (Å²) in [5.41, 5.74) is 4.61. The van der Waals surface area contributed by atoms with Gasteiger partial charge < -0.3 is 31.1 Å². The van der Waals surface area contributed by atoms with Crippen LogP contribution in [0.3, 0.4) is 0 Å². The number of pyridine rings is 1. The van der Waals surface area contributed by atoms with E-state index in [1.165, 1.54) is 11.3 Å². The molecule has 10 nitrogen and oxygen atoms in total. The van der Waals surface area contributed by atoms with Crippen LogP contribution in [0.15, 0.2) is 30.6 Å². The van der Waals surface area contributed by atoms with E-state index in [2.05, 4.69) is 29.5 Å². The Morgan fingerprint density at radius 3 is 2.07 bits per heavy atom. The standard InChI is InChI=1S/C15H15N3.2CH2O3.H3N/c1-15(2)8-14-13(11-3-5-17-6-4-11)7-12(9-16)18(14)10-15;2*2-1(3)4;/h3-7H,8,10H2,1-2H3;2*(H2,2,3,4);1H3. The lowest BCUT2D eigenvalue weighted by molar-refractivity contribution is 0.135. The van der Waals surface area contributed by atoms with E-state index < -0.39 is 12.3 Å². The number of hydrogen-bond donors (Lipinski definition) is 5. The molecule has 27 heavy (non-hydrogen) atoms. The smallest absolute Gasteiger partial charge is 0.450 e. The normalized spacial score (nSPS) is 12.6. The zero-order chi connectivity index (χ0) is 19.9. The first-order valence-corrected chi connectivity index (χ1v) is 7.44. The highest BCUT2D eigenvalue weighted by molar-refractivity contribution is 5.69. The molecule has 0 bridgehead atoms. The Labute approximate surface area is 155 Å². The van der Waals surface area contributed by atoms with Crippen molar-refractivity contribution in [1.29, 1.82) is 5.26 Å². The number of rotatable bonds is 1. The molecule has 10 heteroatoms. The van der Waals surface area contributed by atoms with Crippen LogP contribution in [0.25, 0.3) is 11.1 Å². The molecule has 0 saturated heterocycles. The van der Waals surface area contributed by atoms with Gasteiger partial charge in [0.15, 0.2) is 0 Å². The van der Waals surface area contributed by atoms with Gasteiger partial charge in [-0.1, -0.05) is 13.8 Å². The molecule has 0 atom stereocenters. The molecule has 0 aliphatic carbocycles. The first kappa shape index (κ1) is 23.4. The van der Waals surface area contributed by atoms with Crippen molar-refractivity contribution in [3.8, 4) is 17.2 Å². The van der Waals surface area contributed by atoms with Gasteiger partial charge >= 0.3 is 12.3 Å². The summed E-state index contributed by atoms with van der Waals surface area (Å²) in [6, 6.07) is 8.31. The first-order chi connectivity index (χ1) is 12.1. The predicted octanol–water partition coefficient (Wildman–Crippen LogP) is 3.61. The predicted molar refractivity (Wildman–Crippen MR) is 96.2 cm³/mol. The molecule has 1 aliphatic rings. The van der Waals surface area contributed by atoms with Crippen LogP contribution < -0.4 is 6.15 Å². The van der Waals surface area contributed by atoms with E-state index in [0.717, 1.165) is 24.2 Å². The van der Waals surface area contributed by atoms with Gasteiger partial charge in [0, 0.05) is 30.2 Å². The molecule has 0 radical (unpaired) electrons. The summed E-state index contributed by atoms with van der Waals surface area (Å²) >= 11 is 0. The summed E-state index contributed by atoms with van der Waals surface area (Å²) in [6.45, 7) is 5.42. The van der Waals surface area contributed by atoms with E-state index in [4.69, 9.17) is 30.0 Å². The summed E-state index contributed by atoms with van der Waals surface area (Å²) in [5.74, 6) is 0. The second-order valence-electron chi connectivity index (χ2n) is 6.23. The lowest BCUT2D eigenvalue weighted by Gasteiger charge is -2.15. The van der Waals surface area contributed by atoms with Crippen LogP contribution in [0.1, 0.15) is 25.2 Å². The number of nitriles is 1. The number of carboxylic acid groups (broad SMARTS) is 4. The van der Waals surface area contributed by atoms with Gasteiger partial charge in [0.25, 0.3) is 0 Å². The van der Waals surface area contributed by atoms with Gasteiger partial charge in [-0.3, -0.25) is 4.98 Å². The lowest BCUT2D eigenvalue weighted by atomic mass is 9.89. The molecule has 0 amide bonds. The fourth-order valence-corrected chi connectivity index (χ4v) is 2.77. The van der Waals surface area contributed by atoms with Crippen molar-refractivity contribution in [2.45, 2.75) is 26.8 Å². The van der Waals surface area contributed by atoms with Crippen LogP contribution in [0.4, 0.5) is 9.59 Å². The molecule has 3 rings (SSSR count). The summed E-state index contributed by atoms with van der Waals surface area (Å²) in [7, 11) is 0. The van der Waals surface area contributed by atoms with Gasteiger partial charge in [0.2, 0.25) is 0 Å². The van der Waals surface area contributed by atoms with Gasteiger partial charge in [0.05, 0.1) is 0 Å². The lowest BCUT2D eigenvalue weighted by Crippen LogP contribution is -2.12. The molecule has 0 unspecified atom stereocenters. The second-order valence-corrected chi connectivity index (χ2v) is 6.23. The van der Waals surface area contributed by atoms with Gasteiger partial charge in [-0.15, -0.1) is 0 Å². The quantitative estimate of drug-likeness (QED) is 0.493. The maximum atomic E-state index is 9.25. The van der Waals surface area contributed by atoms with Crippen LogP contribution in [0.5, 0.6) is 0 Å². The Hall–Kier alpha value is -3.58. The second kappa shape index (κ2) is 9.79.